The molecule has 27 heavy (non-hydrogen) atoms. The van der Waals surface area contributed by atoms with Crippen molar-refractivity contribution in [2.45, 2.75) is 49.1 Å². The van der Waals surface area contributed by atoms with Crippen molar-refractivity contribution in [3.63, 3.8) is 0 Å². The average Bonchev–Trinajstić information content (AvgIpc) is 2.32. The molecule has 0 aliphatic rings. The molecule has 4 nitrogen and oxygen atoms in total. The summed E-state index contributed by atoms with van der Waals surface area (Å²) in [6, 6.07) is 0. The quantitative estimate of drug-likeness (QED) is 0.483. The van der Waals surface area contributed by atoms with E-state index in [0.29, 0.717) is 12.5 Å². The SMILES string of the molecule is CC(C)OS(C)(C)OS(=O)(=O)C(F)(F)C(F)(F)C(F)(F)C(F)(F)C(F)(F)F. The number of rotatable bonds is 8. The van der Waals surface area contributed by atoms with E-state index in [2.05, 4.69) is 7.81 Å². The van der Waals surface area contributed by atoms with Gasteiger partial charge in [-0.15, -0.1) is 0 Å². The predicted molar refractivity (Wildman–Crippen MR) is 71.5 cm³/mol. The van der Waals surface area contributed by atoms with E-state index in [-0.39, 0.29) is 0 Å². The van der Waals surface area contributed by atoms with E-state index in [9.17, 15) is 56.7 Å². The zero-order chi connectivity index (χ0) is 22.5. The van der Waals surface area contributed by atoms with Crippen molar-refractivity contribution in [2.24, 2.45) is 0 Å². The summed E-state index contributed by atoms with van der Waals surface area (Å²) in [7, 11) is -10.8. The molecule has 0 heterocycles. The van der Waals surface area contributed by atoms with Crippen molar-refractivity contribution in [3.05, 3.63) is 0 Å². The molecule has 0 atom stereocenters. The summed E-state index contributed by atoms with van der Waals surface area (Å²) in [5.41, 5.74) is 0. The van der Waals surface area contributed by atoms with Gasteiger partial charge in [0.05, 0.1) is 6.10 Å². The highest BCUT2D eigenvalue weighted by Crippen LogP contribution is 2.60. The molecule has 0 radical (unpaired) electrons. The topological polar surface area (TPSA) is 52.6 Å². The molecule has 166 valence electrons. The second-order valence-corrected chi connectivity index (χ2v) is 9.99. The van der Waals surface area contributed by atoms with E-state index in [4.69, 9.17) is 0 Å². The van der Waals surface area contributed by atoms with E-state index < -0.39 is 56.0 Å². The summed E-state index contributed by atoms with van der Waals surface area (Å²) in [5, 5.41) is -7.18. The summed E-state index contributed by atoms with van der Waals surface area (Å²) in [5.74, 6) is -23.3. The molecule has 0 aliphatic carbocycles. The summed E-state index contributed by atoms with van der Waals surface area (Å²) < 4.78 is 172. The number of hydrogen-bond acceptors (Lipinski definition) is 4. The summed E-state index contributed by atoms with van der Waals surface area (Å²) in [6.07, 6.45) is -7.07. The average molecular weight is 470 g/mol. The van der Waals surface area contributed by atoms with Crippen LogP contribution in [0.4, 0.5) is 48.3 Å². The van der Waals surface area contributed by atoms with Crippen molar-refractivity contribution in [1.29, 1.82) is 0 Å². The van der Waals surface area contributed by atoms with Crippen molar-refractivity contribution in [2.75, 3.05) is 12.5 Å². The van der Waals surface area contributed by atoms with Gasteiger partial charge in [0.1, 0.15) is 0 Å². The third-order valence-electron chi connectivity index (χ3n) is 2.50. The lowest BCUT2D eigenvalue weighted by Crippen LogP contribution is -2.68. The van der Waals surface area contributed by atoms with Gasteiger partial charge in [-0.25, -0.2) is 0 Å². The second-order valence-electron chi connectivity index (χ2n) is 5.55. The normalized spacial score (nSPS) is 16.7. The molecule has 0 saturated heterocycles. The van der Waals surface area contributed by atoms with E-state index in [1.165, 1.54) is 13.8 Å². The number of hydrogen-bond donors (Lipinski definition) is 0. The molecule has 0 spiro atoms. The Morgan fingerprint density at radius 1 is 0.704 bits per heavy atom. The molecule has 0 aliphatic heterocycles. The Kier molecular flexibility index (Phi) is 6.91. The van der Waals surface area contributed by atoms with Crippen molar-refractivity contribution in [3.8, 4) is 0 Å². The van der Waals surface area contributed by atoms with Crippen LogP contribution in [0.15, 0.2) is 0 Å². The van der Waals surface area contributed by atoms with E-state index in [0.717, 1.165) is 0 Å². The Hall–Kier alpha value is -0.550. The van der Waals surface area contributed by atoms with Gasteiger partial charge in [0.25, 0.3) is 0 Å². The van der Waals surface area contributed by atoms with Gasteiger partial charge in [0.15, 0.2) is 0 Å². The fourth-order valence-corrected chi connectivity index (χ4v) is 5.02. The van der Waals surface area contributed by atoms with Crippen LogP contribution < -0.4 is 0 Å². The van der Waals surface area contributed by atoms with Crippen molar-refractivity contribution in [1.82, 2.24) is 0 Å². The van der Waals surface area contributed by atoms with E-state index >= 15 is 0 Å². The lowest BCUT2D eigenvalue weighted by atomic mass is 10.0. The monoisotopic (exact) mass is 470 g/mol. The van der Waals surface area contributed by atoms with Gasteiger partial charge >= 0.3 is 39.3 Å². The van der Waals surface area contributed by atoms with Gasteiger partial charge in [0.2, 0.25) is 0 Å². The van der Waals surface area contributed by atoms with Gasteiger partial charge in [-0.2, -0.15) is 70.9 Å². The van der Waals surface area contributed by atoms with Crippen LogP contribution >= 0.6 is 10.6 Å². The molecule has 0 aromatic rings. The maximum absolute atomic E-state index is 13.6. The minimum Gasteiger partial charge on any atom is -0.281 e. The zero-order valence-corrected chi connectivity index (χ0v) is 15.3. The maximum Gasteiger partial charge on any atom is 0.460 e. The highest BCUT2D eigenvalue weighted by atomic mass is 32.3. The largest absolute Gasteiger partial charge is 0.460 e. The van der Waals surface area contributed by atoms with Crippen LogP contribution in [0.25, 0.3) is 0 Å². The Morgan fingerprint density at radius 2 is 1.07 bits per heavy atom. The molecule has 0 unspecified atom stereocenters. The van der Waals surface area contributed by atoms with E-state index in [1.807, 2.05) is 0 Å². The molecule has 0 saturated carbocycles. The number of alkyl halides is 11. The van der Waals surface area contributed by atoms with Crippen LogP contribution in [0.2, 0.25) is 0 Å². The molecule has 0 fully saturated rings. The third-order valence-corrected chi connectivity index (χ3v) is 6.26. The first kappa shape index (κ1) is 26.4. The minimum atomic E-state index is -7.85. The van der Waals surface area contributed by atoms with Gasteiger partial charge in [-0.1, -0.05) is 0 Å². The van der Waals surface area contributed by atoms with Crippen LogP contribution in [0.1, 0.15) is 13.8 Å². The zero-order valence-electron chi connectivity index (χ0n) is 13.7. The summed E-state index contributed by atoms with van der Waals surface area (Å²) >= 11 is 0. The first-order chi connectivity index (χ1) is 11.4. The fraction of sp³-hybridized carbons (Fsp3) is 1.00. The Morgan fingerprint density at radius 3 is 1.37 bits per heavy atom. The third kappa shape index (κ3) is 4.55. The predicted octanol–water partition coefficient (Wildman–Crippen LogP) is 4.71. The van der Waals surface area contributed by atoms with Crippen LogP contribution in [0.5, 0.6) is 0 Å². The highest BCUT2D eigenvalue weighted by molar-refractivity contribution is 8.28. The molecule has 17 heteroatoms. The maximum atomic E-state index is 13.6. The molecular formula is C10H13F11O4S2. The van der Waals surface area contributed by atoms with Gasteiger partial charge in [0, 0.05) is 12.5 Å². The van der Waals surface area contributed by atoms with Gasteiger partial charge < -0.3 is 0 Å². The lowest BCUT2D eigenvalue weighted by Gasteiger charge is -2.39. The number of halogens is 11. The molecule has 0 aromatic carbocycles. The summed E-state index contributed by atoms with van der Waals surface area (Å²) in [4.78, 5) is 0. The Labute approximate surface area is 147 Å². The van der Waals surface area contributed by atoms with Crippen molar-refractivity contribution >= 4 is 20.7 Å². The van der Waals surface area contributed by atoms with Crippen molar-refractivity contribution < 1.29 is 64.5 Å². The second kappa shape index (κ2) is 7.05. The smallest absolute Gasteiger partial charge is 0.281 e. The van der Waals surface area contributed by atoms with Gasteiger partial charge in [-0.05, 0) is 13.8 Å². The van der Waals surface area contributed by atoms with Crippen LogP contribution in [0.3, 0.4) is 0 Å². The molecule has 0 amide bonds. The highest BCUT2D eigenvalue weighted by Gasteiger charge is 2.90. The Balaban J connectivity index is 6.25. The molecule has 0 rings (SSSR count). The van der Waals surface area contributed by atoms with E-state index in [1.54, 1.807) is 0 Å². The van der Waals surface area contributed by atoms with Gasteiger partial charge in [-0.3, -0.25) is 4.18 Å². The molecule has 0 N–H and O–H groups in total. The minimum absolute atomic E-state index is 0.640. The molecular weight excluding hydrogens is 457 g/mol. The molecule has 0 aromatic heterocycles. The Bertz CT molecular complexity index is 640. The van der Waals surface area contributed by atoms with Crippen LogP contribution in [0, 0.1) is 0 Å². The van der Waals surface area contributed by atoms with Crippen LogP contribution in [-0.2, 0) is 17.9 Å². The lowest BCUT2D eigenvalue weighted by molar-refractivity contribution is -0.413. The van der Waals surface area contributed by atoms with Crippen LogP contribution in [-0.4, -0.2) is 56.2 Å². The molecule has 0 bridgehead atoms. The first-order valence-corrected chi connectivity index (χ1v) is 10.0. The first-order valence-electron chi connectivity index (χ1n) is 6.32. The summed E-state index contributed by atoms with van der Waals surface area (Å²) in [6.45, 7) is 2.41. The fourth-order valence-electron chi connectivity index (χ4n) is 1.45. The standard InChI is InChI=1S/C10H13F11O4S2/c1-5(2)24-26(3,4)25-27(22,23)10(20,21)8(15,16)6(11,12)7(13,14)9(17,18)19/h5H,1-4H3.